The van der Waals surface area contributed by atoms with Crippen molar-refractivity contribution in [1.82, 2.24) is 9.80 Å². The molecule has 2 aliphatic rings. The highest BCUT2D eigenvalue weighted by Gasteiger charge is 2.42. The van der Waals surface area contributed by atoms with Gasteiger partial charge in [0.25, 0.3) is 5.91 Å². The number of carbonyl (C=O) groups excluding carboxylic acids is 1. The fraction of sp³-hybridized carbons (Fsp3) is 0.407. The van der Waals surface area contributed by atoms with Crippen LogP contribution >= 0.6 is 0 Å². The maximum absolute atomic E-state index is 13.7. The maximum atomic E-state index is 13.7. The third kappa shape index (κ3) is 4.21. The molecule has 2 aromatic carbocycles. The van der Waals surface area contributed by atoms with Crippen molar-refractivity contribution in [3.8, 4) is 5.75 Å². The number of carbonyl (C=O) groups is 1. The summed E-state index contributed by atoms with van der Waals surface area (Å²) in [4.78, 5) is 31.3. The highest BCUT2D eigenvalue weighted by molar-refractivity contribution is 5.99. The largest absolute Gasteiger partial charge is 0.494 e. The molecule has 7 heteroatoms. The van der Waals surface area contributed by atoms with Gasteiger partial charge in [-0.2, -0.15) is 0 Å². The number of benzene rings is 2. The van der Waals surface area contributed by atoms with E-state index in [2.05, 4.69) is 11.8 Å². The molecule has 0 bridgehead atoms. The van der Waals surface area contributed by atoms with Crippen LogP contribution in [0.1, 0.15) is 46.6 Å². The normalized spacial score (nSPS) is 18.5. The van der Waals surface area contributed by atoms with Gasteiger partial charge in [-0.05, 0) is 43.2 Å². The van der Waals surface area contributed by atoms with Crippen molar-refractivity contribution in [2.45, 2.75) is 26.3 Å². The molecule has 0 spiro atoms. The second kappa shape index (κ2) is 9.60. The van der Waals surface area contributed by atoms with Crippen molar-refractivity contribution in [2.75, 3.05) is 46.0 Å². The van der Waals surface area contributed by atoms with Gasteiger partial charge in [0.15, 0.2) is 5.43 Å². The summed E-state index contributed by atoms with van der Waals surface area (Å²) in [6.07, 6.45) is 0.926. The molecule has 34 heavy (non-hydrogen) atoms. The van der Waals surface area contributed by atoms with E-state index in [1.54, 1.807) is 11.0 Å². The van der Waals surface area contributed by atoms with Crippen LogP contribution < -0.4 is 10.2 Å². The SMILES string of the molecule is CCCOc1ccc([C@H]2c3c(oc4ccc(C)cc4c3=O)C(=O)N2CCN2CCOCC2)cc1. The molecule has 0 aliphatic carbocycles. The van der Waals surface area contributed by atoms with E-state index < -0.39 is 6.04 Å². The third-order valence-corrected chi connectivity index (χ3v) is 6.55. The molecule has 1 aromatic heterocycles. The van der Waals surface area contributed by atoms with E-state index in [-0.39, 0.29) is 17.1 Å². The summed E-state index contributed by atoms with van der Waals surface area (Å²) < 4.78 is 17.2. The first-order chi connectivity index (χ1) is 16.6. The third-order valence-electron chi connectivity index (χ3n) is 6.55. The average molecular weight is 463 g/mol. The molecule has 0 N–H and O–H groups in total. The Balaban J connectivity index is 1.55. The summed E-state index contributed by atoms with van der Waals surface area (Å²) in [7, 11) is 0. The molecule has 1 amide bonds. The molecule has 2 aliphatic heterocycles. The topological polar surface area (TPSA) is 72.2 Å². The van der Waals surface area contributed by atoms with Crippen molar-refractivity contribution in [3.63, 3.8) is 0 Å². The van der Waals surface area contributed by atoms with Gasteiger partial charge >= 0.3 is 0 Å². The maximum Gasteiger partial charge on any atom is 0.290 e. The van der Waals surface area contributed by atoms with E-state index in [0.717, 1.165) is 36.4 Å². The minimum Gasteiger partial charge on any atom is -0.494 e. The van der Waals surface area contributed by atoms with Crippen molar-refractivity contribution >= 4 is 16.9 Å². The summed E-state index contributed by atoms with van der Waals surface area (Å²) in [6, 6.07) is 12.7. The van der Waals surface area contributed by atoms with E-state index in [4.69, 9.17) is 13.9 Å². The highest BCUT2D eigenvalue weighted by Crippen LogP contribution is 2.38. The van der Waals surface area contributed by atoms with E-state index >= 15 is 0 Å². The summed E-state index contributed by atoms with van der Waals surface area (Å²) in [5.74, 6) is 0.690. The first-order valence-electron chi connectivity index (χ1n) is 12.0. The lowest BCUT2D eigenvalue weighted by Gasteiger charge is -2.31. The molecule has 3 heterocycles. The van der Waals surface area contributed by atoms with Gasteiger partial charge < -0.3 is 18.8 Å². The number of rotatable bonds is 7. The Morgan fingerprint density at radius 2 is 1.79 bits per heavy atom. The lowest BCUT2D eigenvalue weighted by atomic mass is 9.98. The van der Waals surface area contributed by atoms with Crippen molar-refractivity contribution in [1.29, 1.82) is 0 Å². The Kier molecular flexibility index (Phi) is 6.39. The standard InChI is InChI=1S/C27H30N2O5/c1-3-14-33-20-7-5-19(6-8-20)24-23-25(30)21-17-18(2)4-9-22(21)34-26(23)27(31)29(24)11-10-28-12-15-32-16-13-28/h4-9,17,24H,3,10-16H2,1-2H3/t24-/m0/s1. The molecular weight excluding hydrogens is 432 g/mol. The predicted octanol–water partition coefficient (Wildman–Crippen LogP) is 3.77. The van der Waals surface area contributed by atoms with Crippen LogP contribution in [0.25, 0.3) is 11.0 Å². The lowest BCUT2D eigenvalue weighted by molar-refractivity contribution is 0.0314. The van der Waals surface area contributed by atoms with Crippen molar-refractivity contribution in [2.24, 2.45) is 0 Å². The Hall–Kier alpha value is -3.16. The monoisotopic (exact) mass is 462 g/mol. The van der Waals surface area contributed by atoms with Crippen LogP contribution in [-0.2, 0) is 4.74 Å². The van der Waals surface area contributed by atoms with E-state index in [1.165, 1.54) is 0 Å². The molecule has 0 unspecified atom stereocenters. The van der Waals surface area contributed by atoms with Crippen molar-refractivity contribution in [3.05, 3.63) is 75.1 Å². The number of amides is 1. The minimum absolute atomic E-state index is 0.140. The smallest absolute Gasteiger partial charge is 0.290 e. The van der Waals surface area contributed by atoms with Gasteiger partial charge in [-0.15, -0.1) is 0 Å². The molecule has 0 radical (unpaired) electrons. The Bertz CT molecular complexity index is 1240. The minimum atomic E-state index is -0.495. The van der Waals surface area contributed by atoms with Crippen LogP contribution in [0.3, 0.4) is 0 Å². The summed E-state index contributed by atoms with van der Waals surface area (Å²) in [5, 5.41) is 0.509. The van der Waals surface area contributed by atoms with Gasteiger partial charge in [-0.3, -0.25) is 14.5 Å². The van der Waals surface area contributed by atoms with Crippen LogP contribution in [0.4, 0.5) is 0 Å². The number of fused-ring (bicyclic) bond motifs is 2. The summed E-state index contributed by atoms with van der Waals surface area (Å²) in [5.41, 5.74) is 2.57. The number of ether oxygens (including phenoxy) is 2. The zero-order chi connectivity index (χ0) is 23.7. The molecule has 7 nitrogen and oxygen atoms in total. The second-order valence-corrected chi connectivity index (χ2v) is 8.95. The molecule has 178 valence electrons. The van der Waals surface area contributed by atoms with E-state index in [1.807, 2.05) is 43.3 Å². The van der Waals surface area contributed by atoms with Gasteiger partial charge in [0.2, 0.25) is 5.76 Å². The fourth-order valence-electron chi connectivity index (χ4n) is 4.75. The van der Waals surface area contributed by atoms with Gasteiger partial charge in [-0.1, -0.05) is 30.7 Å². The molecule has 3 aromatic rings. The molecule has 1 saturated heterocycles. The summed E-state index contributed by atoms with van der Waals surface area (Å²) >= 11 is 0. The second-order valence-electron chi connectivity index (χ2n) is 8.95. The summed E-state index contributed by atoms with van der Waals surface area (Å²) in [6.45, 7) is 8.92. The van der Waals surface area contributed by atoms with Crippen LogP contribution in [-0.4, -0.2) is 61.7 Å². The van der Waals surface area contributed by atoms with Gasteiger partial charge in [0.05, 0.1) is 36.8 Å². The molecule has 5 rings (SSSR count). The van der Waals surface area contributed by atoms with Gasteiger partial charge in [0.1, 0.15) is 11.3 Å². The number of nitrogens with zero attached hydrogens (tertiary/aromatic N) is 2. The average Bonchev–Trinajstić information content (AvgIpc) is 3.14. The highest BCUT2D eigenvalue weighted by atomic mass is 16.5. The van der Waals surface area contributed by atoms with Gasteiger partial charge in [-0.25, -0.2) is 0 Å². The number of morpholine rings is 1. The predicted molar refractivity (Wildman–Crippen MR) is 130 cm³/mol. The zero-order valence-electron chi connectivity index (χ0n) is 19.7. The van der Waals surface area contributed by atoms with E-state index in [0.29, 0.717) is 49.4 Å². The number of aryl methyl sites for hydroxylation is 1. The Morgan fingerprint density at radius 1 is 1.03 bits per heavy atom. The Labute approximate surface area is 198 Å². The first-order valence-corrected chi connectivity index (χ1v) is 12.0. The number of hydrogen-bond donors (Lipinski definition) is 0. The molecule has 1 atom stereocenters. The number of hydrogen-bond acceptors (Lipinski definition) is 6. The zero-order valence-corrected chi connectivity index (χ0v) is 19.7. The lowest BCUT2D eigenvalue weighted by Crippen LogP contribution is -2.42. The van der Waals surface area contributed by atoms with Crippen LogP contribution in [0.15, 0.2) is 51.7 Å². The van der Waals surface area contributed by atoms with Gasteiger partial charge in [0, 0.05) is 26.2 Å². The van der Waals surface area contributed by atoms with Crippen molar-refractivity contribution < 1.29 is 18.7 Å². The first kappa shape index (κ1) is 22.6. The molecule has 0 saturated carbocycles. The van der Waals surface area contributed by atoms with Crippen LogP contribution in [0.2, 0.25) is 0 Å². The van der Waals surface area contributed by atoms with Crippen LogP contribution in [0.5, 0.6) is 5.75 Å². The quantitative estimate of drug-likeness (QED) is 0.532. The Morgan fingerprint density at radius 3 is 2.53 bits per heavy atom. The molecular formula is C27H30N2O5. The van der Waals surface area contributed by atoms with Crippen LogP contribution in [0, 0.1) is 6.92 Å². The van der Waals surface area contributed by atoms with E-state index in [9.17, 15) is 9.59 Å². The molecule has 1 fully saturated rings. The fourth-order valence-corrected chi connectivity index (χ4v) is 4.75.